The molecule has 2 N–H and O–H groups in total. The van der Waals surface area contributed by atoms with E-state index in [1.165, 1.54) is 17.7 Å². The van der Waals surface area contributed by atoms with E-state index in [-0.39, 0.29) is 5.43 Å². The Bertz CT molecular complexity index is 797. The maximum absolute atomic E-state index is 13.0. The van der Waals surface area contributed by atoms with E-state index in [0.717, 1.165) is 13.0 Å². The van der Waals surface area contributed by atoms with Gasteiger partial charge < -0.3 is 14.6 Å². The SMILES string of the molecule is CCOC(=O)c1[nH]c2ccccc2c(=O)c1C[NH+]1CCCC[C@@H]1C. The van der Waals surface area contributed by atoms with Crippen molar-refractivity contribution in [2.75, 3.05) is 13.2 Å². The van der Waals surface area contributed by atoms with Gasteiger partial charge in [-0.05, 0) is 45.2 Å². The lowest BCUT2D eigenvalue weighted by molar-refractivity contribution is -0.942. The first kappa shape index (κ1) is 16.7. The molecule has 0 aliphatic carbocycles. The van der Waals surface area contributed by atoms with Crippen LogP contribution in [0.3, 0.4) is 0 Å². The minimum Gasteiger partial charge on any atom is -0.461 e. The number of likely N-dealkylation sites (tertiary alicyclic amines) is 1. The number of quaternary nitrogens is 1. The van der Waals surface area contributed by atoms with E-state index in [4.69, 9.17) is 4.74 Å². The monoisotopic (exact) mass is 329 g/mol. The Morgan fingerprint density at radius 3 is 2.88 bits per heavy atom. The highest BCUT2D eigenvalue weighted by atomic mass is 16.5. The summed E-state index contributed by atoms with van der Waals surface area (Å²) in [7, 11) is 0. The number of nitrogens with one attached hydrogen (secondary N) is 2. The number of hydrogen-bond acceptors (Lipinski definition) is 3. The van der Waals surface area contributed by atoms with E-state index >= 15 is 0 Å². The van der Waals surface area contributed by atoms with Crippen LogP contribution in [0, 0.1) is 0 Å². The van der Waals surface area contributed by atoms with Crippen LogP contribution < -0.4 is 10.3 Å². The molecule has 0 bridgehead atoms. The van der Waals surface area contributed by atoms with E-state index in [2.05, 4.69) is 11.9 Å². The molecule has 5 nitrogen and oxygen atoms in total. The molecule has 2 atom stereocenters. The van der Waals surface area contributed by atoms with Crippen LogP contribution >= 0.6 is 0 Å². The van der Waals surface area contributed by atoms with Crippen LogP contribution in [0.2, 0.25) is 0 Å². The zero-order chi connectivity index (χ0) is 17.1. The highest BCUT2D eigenvalue weighted by molar-refractivity contribution is 5.92. The number of aromatic nitrogens is 1. The van der Waals surface area contributed by atoms with Crippen LogP contribution in [0.5, 0.6) is 0 Å². The van der Waals surface area contributed by atoms with Crippen molar-refractivity contribution in [2.24, 2.45) is 0 Å². The molecule has 1 aliphatic heterocycles. The molecule has 1 aromatic carbocycles. The maximum atomic E-state index is 13.0. The number of pyridine rings is 1. The van der Waals surface area contributed by atoms with E-state index < -0.39 is 5.97 Å². The number of rotatable bonds is 4. The first-order valence-corrected chi connectivity index (χ1v) is 8.77. The molecule has 1 unspecified atom stereocenters. The number of H-pyrrole nitrogens is 1. The molecule has 5 heteroatoms. The summed E-state index contributed by atoms with van der Waals surface area (Å²) in [5, 5.41) is 0.629. The number of para-hydroxylation sites is 1. The summed E-state index contributed by atoms with van der Waals surface area (Å²) in [6, 6.07) is 7.83. The Morgan fingerprint density at radius 1 is 1.33 bits per heavy atom. The second-order valence-corrected chi connectivity index (χ2v) is 6.56. The molecule has 1 aliphatic rings. The highest BCUT2D eigenvalue weighted by Gasteiger charge is 2.27. The average molecular weight is 329 g/mol. The van der Waals surface area contributed by atoms with Gasteiger partial charge in [0, 0.05) is 10.9 Å². The minimum absolute atomic E-state index is 0.0577. The molecule has 1 fully saturated rings. The number of carbonyl (C=O) groups excluding carboxylic acids is 1. The van der Waals surface area contributed by atoms with Crippen molar-refractivity contribution in [2.45, 2.75) is 45.7 Å². The van der Waals surface area contributed by atoms with Gasteiger partial charge in [-0.15, -0.1) is 0 Å². The number of carbonyl (C=O) groups is 1. The molecule has 0 amide bonds. The summed E-state index contributed by atoms with van der Waals surface area (Å²) in [5.74, 6) is -0.445. The molecule has 0 radical (unpaired) electrons. The summed E-state index contributed by atoms with van der Waals surface area (Å²) < 4.78 is 5.17. The fourth-order valence-electron chi connectivity index (χ4n) is 3.57. The molecule has 24 heavy (non-hydrogen) atoms. The number of hydrogen-bond donors (Lipinski definition) is 2. The fraction of sp³-hybridized carbons (Fsp3) is 0.474. The summed E-state index contributed by atoms with van der Waals surface area (Å²) in [6.07, 6.45) is 3.57. The first-order chi connectivity index (χ1) is 11.6. The van der Waals surface area contributed by atoms with Gasteiger partial charge in [-0.25, -0.2) is 4.79 Å². The second-order valence-electron chi connectivity index (χ2n) is 6.56. The molecule has 2 aromatic rings. The van der Waals surface area contributed by atoms with E-state index in [0.29, 0.717) is 41.4 Å². The van der Waals surface area contributed by atoms with Crippen LogP contribution in [0.25, 0.3) is 10.9 Å². The molecule has 0 spiro atoms. The summed E-state index contributed by atoms with van der Waals surface area (Å²) in [4.78, 5) is 29.9. The zero-order valence-corrected chi connectivity index (χ0v) is 14.4. The van der Waals surface area contributed by atoms with Crippen LogP contribution in [0.4, 0.5) is 0 Å². The number of piperidine rings is 1. The molecule has 1 aromatic heterocycles. The van der Waals surface area contributed by atoms with Gasteiger partial charge in [0.2, 0.25) is 0 Å². The highest BCUT2D eigenvalue weighted by Crippen LogP contribution is 2.13. The largest absolute Gasteiger partial charge is 0.461 e. The Hall–Kier alpha value is -2.14. The Labute approximate surface area is 141 Å². The van der Waals surface area contributed by atoms with Crippen LogP contribution in [0.15, 0.2) is 29.1 Å². The smallest absolute Gasteiger partial charge is 0.355 e. The second kappa shape index (κ2) is 7.18. The van der Waals surface area contributed by atoms with Gasteiger partial charge >= 0.3 is 5.97 Å². The third-order valence-electron chi connectivity index (χ3n) is 4.97. The Balaban J connectivity index is 2.08. The molecule has 2 heterocycles. The molecule has 0 saturated carbocycles. The van der Waals surface area contributed by atoms with E-state index in [1.807, 2.05) is 24.3 Å². The van der Waals surface area contributed by atoms with Crippen molar-refractivity contribution in [3.05, 3.63) is 45.7 Å². The van der Waals surface area contributed by atoms with E-state index in [9.17, 15) is 9.59 Å². The van der Waals surface area contributed by atoms with Gasteiger partial charge in [-0.1, -0.05) is 12.1 Å². The Morgan fingerprint density at radius 2 is 2.12 bits per heavy atom. The van der Waals surface area contributed by atoms with Crippen molar-refractivity contribution in [1.82, 2.24) is 4.98 Å². The minimum atomic E-state index is -0.445. The third-order valence-corrected chi connectivity index (χ3v) is 4.97. The molecular weight excluding hydrogens is 304 g/mol. The number of benzene rings is 1. The summed E-state index contributed by atoms with van der Waals surface area (Å²) in [5.41, 5.74) is 1.48. The normalized spacial score (nSPS) is 20.9. The van der Waals surface area contributed by atoms with Gasteiger partial charge in [0.25, 0.3) is 0 Å². The zero-order valence-electron chi connectivity index (χ0n) is 14.4. The molecule has 128 valence electrons. The van der Waals surface area contributed by atoms with Crippen molar-refractivity contribution >= 4 is 16.9 Å². The van der Waals surface area contributed by atoms with Crippen LogP contribution in [-0.2, 0) is 11.3 Å². The van der Waals surface area contributed by atoms with Gasteiger partial charge in [0.05, 0.1) is 24.8 Å². The standard InChI is InChI=1S/C19H24N2O3/c1-3-24-19(23)17-15(12-21-11-7-6-8-13(21)2)18(22)14-9-4-5-10-16(14)20-17/h4-5,9-10,13H,3,6-8,11-12H2,1-2H3,(H,20,22)/p+1/t13-/m0/s1. The quantitative estimate of drug-likeness (QED) is 0.839. The van der Waals surface area contributed by atoms with Gasteiger partial charge in [-0.2, -0.15) is 0 Å². The first-order valence-electron chi connectivity index (χ1n) is 8.77. The van der Waals surface area contributed by atoms with Crippen molar-refractivity contribution < 1.29 is 14.4 Å². The van der Waals surface area contributed by atoms with Gasteiger partial charge in [-0.3, -0.25) is 4.79 Å². The predicted molar refractivity (Wildman–Crippen MR) is 93.4 cm³/mol. The van der Waals surface area contributed by atoms with Gasteiger partial charge in [0.1, 0.15) is 12.2 Å². The lowest BCUT2D eigenvalue weighted by Gasteiger charge is -2.30. The average Bonchev–Trinajstić information content (AvgIpc) is 2.59. The lowest BCUT2D eigenvalue weighted by atomic mass is 10.0. The van der Waals surface area contributed by atoms with Crippen LogP contribution in [0.1, 0.15) is 49.2 Å². The number of esters is 1. The third kappa shape index (κ3) is 3.22. The van der Waals surface area contributed by atoms with Gasteiger partial charge in [0.15, 0.2) is 5.43 Å². The summed E-state index contributed by atoms with van der Waals surface area (Å²) in [6.45, 7) is 5.88. The summed E-state index contributed by atoms with van der Waals surface area (Å²) >= 11 is 0. The fourth-order valence-corrected chi connectivity index (χ4v) is 3.57. The van der Waals surface area contributed by atoms with Crippen molar-refractivity contribution in [3.63, 3.8) is 0 Å². The number of aromatic amines is 1. The molecule has 1 saturated heterocycles. The Kier molecular flexibility index (Phi) is 5.00. The molecule has 3 rings (SSSR count). The molecular formula is C19H25N2O3+. The van der Waals surface area contributed by atoms with E-state index in [1.54, 1.807) is 6.92 Å². The predicted octanol–water partition coefficient (Wildman–Crippen LogP) is 1.66. The number of fused-ring (bicyclic) bond motifs is 1. The van der Waals surface area contributed by atoms with Crippen molar-refractivity contribution in [3.8, 4) is 0 Å². The maximum Gasteiger partial charge on any atom is 0.355 e. The lowest BCUT2D eigenvalue weighted by Crippen LogP contribution is -3.15. The van der Waals surface area contributed by atoms with Crippen LogP contribution in [-0.4, -0.2) is 30.1 Å². The topological polar surface area (TPSA) is 63.6 Å². The number of ether oxygens (including phenoxy) is 1. The van der Waals surface area contributed by atoms with Crippen molar-refractivity contribution in [1.29, 1.82) is 0 Å².